The Morgan fingerprint density at radius 1 is 1.10 bits per heavy atom. The largest absolute Gasteiger partial charge is 0.389 e. The lowest BCUT2D eigenvalue weighted by atomic mass is 9.80. The van der Waals surface area contributed by atoms with Gasteiger partial charge in [0.15, 0.2) is 17.4 Å². The van der Waals surface area contributed by atoms with E-state index < -0.39 is 24.3 Å². The summed E-state index contributed by atoms with van der Waals surface area (Å²) in [4.78, 5) is 30.6. The van der Waals surface area contributed by atoms with E-state index in [9.17, 15) is 23.5 Å². The number of amides is 1. The Hall–Kier alpha value is -3.36. The minimum absolute atomic E-state index is 0.0351. The molecular weight excluding hydrogens is 512 g/mol. The maximum atomic E-state index is 13.7. The summed E-state index contributed by atoms with van der Waals surface area (Å²) in [5.41, 5.74) is 3.14. The monoisotopic (exact) mass is 549 g/mol. The zero-order valence-corrected chi connectivity index (χ0v) is 22.8. The van der Waals surface area contributed by atoms with Crippen LogP contribution < -0.4 is 5.32 Å². The molecule has 2 aliphatic rings. The SMILES string of the molecule is Cc1cc(/C=C/C(=O)N2CCC(C(NC3CCC(c4c[nH]c5ccccc45)CC3)C(=O)CO)CC2)cc(F)c1F. The predicted molar refractivity (Wildman–Crippen MR) is 152 cm³/mol. The van der Waals surface area contributed by atoms with Gasteiger partial charge < -0.3 is 20.3 Å². The molecule has 0 spiro atoms. The number of rotatable bonds is 8. The van der Waals surface area contributed by atoms with Gasteiger partial charge in [0.1, 0.15) is 6.61 Å². The lowest BCUT2D eigenvalue weighted by molar-refractivity contribution is -0.128. The van der Waals surface area contributed by atoms with Crippen LogP contribution in [0.1, 0.15) is 61.1 Å². The number of benzene rings is 2. The Labute approximate surface area is 233 Å². The molecule has 8 heteroatoms. The first-order valence-electron chi connectivity index (χ1n) is 14.2. The van der Waals surface area contributed by atoms with Crippen molar-refractivity contribution in [2.75, 3.05) is 19.7 Å². The molecule has 1 saturated carbocycles. The van der Waals surface area contributed by atoms with E-state index in [0.717, 1.165) is 37.3 Å². The molecule has 2 aromatic carbocycles. The minimum atomic E-state index is -0.938. The number of piperidine rings is 1. The van der Waals surface area contributed by atoms with Crippen LogP contribution in [0, 0.1) is 24.5 Å². The van der Waals surface area contributed by atoms with Gasteiger partial charge in [-0.2, -0.15) is 0 Å². The van der Waals surface area contributed by atoms with Crippen molar-refractivity contribution in [2.45, 2.75) is 63.5 Å². The summed E-state index contributed by atoms with van der Waals surface area (Å²) in [5.74, 6) is -1.70. The van der Waals surface area contributed by atoms with Gasteiger partial charge in [-0.25, -0.2) is 8.78 Å². The molecule has 1 amide bonds. The van der Waals surface area contributed by atoms with Crippen molar-refractivity contribution in [1.82, 2.24) is 15.2 Å². The lowest BCUT2D eigenvalue weighted by Gasteiger charge is -2.38. The molecule has 2 fully saturated rings. The van der Waals surface area contributed by atoms with Gasteiger partial charge in [-0.15, -0.1) is 0 Å². The van der Waals surface area contributed by atoms with Crippen LogP contribution in [-0.2, 0) is 9.59 Å². The van der Waals surface area contributed by atoms with Gasteiger partial charge in [0, 0.05) is 42.3 Å². The number of aliphatic hydroxyl groups excluding tert-OH is 1. The quantitative estimate of drug-likeness (QED) is 0.335. The number of hydrogen-bond acceptors (Lipinski definition) is 4. The summed E-state index contributed by atoms with van der Waals surface area (Å²) in [6.45, 7) is 1.97. The van der Waals surface area contributed by atoms with E-state index in [4.69, 9.17) is 0 Å². The number of aromatic nitrogens is 1. The summed E-state index contributed by atoms with van der Waals surface area (Å²) in [6, 6.07) is 10.7. The van der Waals surface area contributed by atoms with E-state index in [1.165, 1.54) is 36.1 Å². The van der Waals surface area contributed by atoms with Crippen molar-refractivity contribution in [2.24, 2.45) is 5.92 Å². The number of carbonyl (C=O) groups is 2. The Kier molecular flexibility index (Phi) is 8.76. The molecule has 212 valence electrons. The fourth-order valence-electron chi connectivity index (χ4n) is 6.42. The number of aliphatic hydroxyl groups is 1. The number of nitrogens with zero attached hydrogens (tertiary/aromatic N) is 1. The molecule has 1 unspecified atom stereocenters. The van der Waals surface area contributed by atoms with Crippen LogP contribution in [0.25, 0.3) is 17.0 Å². The summed E-state index contributed by atoms with van der Waals surface area (Å²) >= 11 is 0. The number of hydrogen-bond donors (Lipinski definition) is 3. The van der Waals surface area contributed by atoms with E-state index in [1.54, 1.807) is 4.90 Å². The van der Waals surface area contributed by atoms with Gasteiger partial charge >= 0.3 is 0 Å². The van der Waals surface area contributed by atoms with Crippen LogP contribution in [0.2, 0.25) is 0 Å². The highest BCUT2D eigenvalue weighted by Crippen LogP contribution is 2.37. The highest BCUT2D eigenvalue weighted by Gasteiger charge is 2.34. The van der Waals surface area contributed by atoms with Gasteiger partial charge in [0.05, 0.1) is 6.04 Å². The summed E-state index contributed by atoms with van der Waals surface area (Å²) in [6.07, 6.45) is 10.3. The van der Waals surface area contributed by atoms with Crippen molar-refractivity contribution >= 4 is 28.7 Å². The van der Waals surface area contributed by atoms with E-state index in [1.807, 2.05) is 6.07 Å². The number of carbonyl (C=O) groups excluding carboxylic acids is 2. The fourth-order valence-corrected chi connectivity index (χ4v) is 6.42. The zero-order chi connectivity index (χ0) is 28.2. The Morgan fingerprint density at radius 2 is 1.82 bits per heavy atom. The smallest absolute Gasteiger partial charge is 0.246 e. The summed E-state index contributed by atoms with van der Waals surface area (Å²) < 4.78 is 27.2. The Morgan fingerprint density at radius 3 is 2.52 bits per heavy atom. The van der Waals surface area contributed by atoms with Crippen molar-refractivity contribution in [3.8, 4) is 0 Å². The second-order valence-corrected chi connectivity index (χ2v) is 11.2. The second kappa shape index (κ2) is 12.4. The Bertz CT molecular complexity index is 1360. The third kappa shape index (κ3) is 6.18. The fraction of sp³-hybridized carbons (Fsp3) is 0.438. The normalized spacial score (nSPS) is 21.2. The topological polar surface area (TPSA) is 85.4 Å². The van der Waals surface area contributed by atoms with Crippen LogP contribution in [0.3, 0.4) is 0 Å². The molecule has 5 rings (SSSR count). The summed E-state index contributed by atoms with van der Waals surface area (Å²) in [7, 11) is 0. The lowest BCUT2D eigenvalue weighted by Crippen LogP contribution is -2.52. The first-order chi connectivity index (χ1) is 19.3. The third-order valence-corrected chi connectivity index (χ3v) is 8.68. The molecule has 1 aromatic heterocycles. The average Bonchev–Trinajstić information content (AvgIpc) is 3.41. The number of aryl methyl sites for hydroxylation is 1. The number of Topliss-reactive ketones (excluding diaryl/α,β-unsaturated/α-hetero) is 1. The van der Waals surface area contributed by atoms with Crippen LogP contribution in [0.15, 0.2) is 48.7 Å². The average molecular weight is 550 g/mol. The van der Waals surface area contributed by atoms with Crippen molar-refractivity contribution in [3.05, 3.63) is 77.0 Å². The maximum Gasteiger partial charge on any atom is 0.246 e. The third-order valence-electron chi connectivity index (χ3n) is 8.68. The molecular formula is C32H37F2N3O3. The number of likely N-dealkylation sites (tertiary alicyclic amines) is 1. The van der Waals surface area contributed by atoms with Gasteiger partial charge in [0.25, 0.3) is 0 Å². The standard InChI is InChI=1S/C32H37F2N3O3/c1-20-16-21(17-27(33)31(20)34)6-11-30(40)37-14-12-23(13-15-37)32(29(39)19-38)36-24-9-7-22(8-10-24)26-18-35-28-5-3-2-4-25(26)28/h2-6,11,16-18,22-24,32,35-36,38H,7-10,12-15,19H2,1H3/b11-6+. The van der Waals surface area contributed by atoms with Crippen LogP contribution in [0.4, 0.5) is 8.78 Å². The van der Waals surface area contributed by atoms with Crippen LogP contribution >= 0.6 is 0 Å². The highest BCUT2D eigenvalue weighted by molar-refractivity contribution is 5.92. The van der Waals surface area contributed by atoms with E-state index in [-0.39, 0.29) is 29.2 Å². The van der Waals surface area contributed by atoms with E-state index in [2.05, 4.69) is 34.7 Å². The second-order valence-electron chi connectivity index (χ2n) is 11.2. The number of halogens is 2. The molecule has 1 aliphatic carbocycles. The van der Waals surface area contributed by atoms with E-state index in [0.29, 0.717) is 37.4 Å². The maximum absolute atomic E-state index is 13.7. The van der Waals surface area contributed by atoms with Crippen LogP contribution in [0.5, 0.6) is 0 Å². The molecule has 40 heavy (non-hydrogen) atoms. The van der Waals surface area contributed by atoms with Gasteiger partial charge in [-0.3, -0.25) is 9.59 Å². The molecule has 1 aliphatic heterocycles. The molecule has 6 nitrogen and oxygen atoms in total. The number of aromatic amines is 1. The Balaban J connectivity index is 1.15. The zero-order valence-electron chi connectivity index (χ0n) is 22.8. The summed E-state index contributed by atoms with van der Waals surface area (Å²) in [5, 5.41) is 14.6. The van der Waals surface area contributed by atoms with Crippen LogP contribution in [-0.4, -0.2) is 58.5 Å². The number of H-pyrrole nitrogens is 1. The molecule has 1 saturated heterocycles. The van der Waals surface area contributed by atoms with Gasteiger partial charge in [-0.05, 0) is 98.2 Å². The number of nitrogens with one attached hydrogen (secondary N) is 2. The first-order valence-corrected chi connectivity index (χ1v) is 14.2. The molecule has 2 heterocycles. The van der Waals surface area contributed by atoms with E-state index >= 15 is 0 Å². The molecule has 1 atom stereocenters. The predicted octanol–water partition coefficient (Wildman–Crippen LogP) is 5.25. The highest BCUT2D eigenvalue weighted by atomic mass is 19.2. The van der Waals surface area contributed by atoms with Crippen molar-refractivity contribution in [3.63, 3.8) is 0 Å². The molecule has 0 radical (unpaired) electrons. The minimum Gasteiger partial charge on any atom is -0.389 e. The van der Waals surface area contributed by atoms with Crippen molar-refractivity contribution < 1.29 is 23.5 Å². The van der Waals surface area contributed by atoms with Gasteiger partial charge in [0.2, 0.25) is 5.91 Å². The molecule has 3 aromatic rings. The molecule has 0 bridgehead atoms. The van der Waals surface area contributed by atoms with Gasteiger partial charge in [-0.1, -0.05) is 18.2 Å². The number of fused-ring (bicyclic) bond motifs is 1. The van der Waals surface area contributed by atoms with Crippen molar-refractivity contribution in [1.29, 1.82) is 0 Å². The number of ketones is 1. The first kappa shape index (κ1) is 28.2. The number of para-hydroxylation sites is 1. The molecule has 3 N–H and O–H groups in total.